The molecule has 24 heavy (non-hydrogen) atoms. The molecule has 1 heterocycles. The number of anilines is 1. The van der Waals surface area contributed by atoms with E-state index in [-0.39, 0.29) is 17.7 Å². The lowest BCUT2D eigenvalue weighted by molar-refractivity contribution is -0.118. The molecular formula is C18H20BrN3O2. The Morgan fingerprint density at radius 3 is 2.50 bits per heavy atom. The molecule has 2 amide bonds. The third kappa shape index (κ3) is 4.89. The first-order valence-electron chi connectivity index (χ1n) is 7.67. The van der Waals surface area contributed by atoms with E-state index in [1.54, 1.807) is 30.5 Å². The van der Waals surface area contributed by atoms with E-state index in [9.17, 15) is 9.59 Å². The van der Waals surface area contributed by atoms with Gasteiger partial charge in [-0.3, -0.25) is 9.59 Å². The molecule has 2 aromatic rings. The second-order valence-electron chi connectivity index (χ2n) is 5.92. The largest absolute Gasteiger partial charge is 0.340 e. The number of hydrogen-bond acceptors (Lipinski definition) is 3. The molecule has 0 radical (unpaired) electrons. The summed E-state index contributed by atoms with van der Waals surface area (Å²) in [5.41, 5.74) is 1.53. The van der Waals surface area contributed by atoms with Crippen LogP contribution in [-0.4, -0.2) is 22.8 Å². The van der Waals surface area contributed by atoms with Gasteiger partial charge in [0.2, 0.25) is 5.91 Å². The maximum Gasteiger partial charge on any atom is 0.251 e. The molecule has 0 bridgehead atoms. The maximum absolute atomic E-state index is 12.5. The van der Waals surface area contributed by atoms with E-state index in [2.05, 4.69) is 31.5 Å². The van der Waals surface area contributed by atoms with E-state index in [1.807, 2.05) is 32.9 Å². The molecule has 0 aliphatic carbocycles. The maximum atomic E-state index is 12.5. The fraction of sp³-hybridized carbons (Fsp3) is 0.278. The van der Waals surface area contributed by atoms with Crippen molar-refractivity contribution in [1.29, 1.82) is 0 Å². The molecule has 1 aromatic heterocycles. The van der Waals surface area contributed by atoms with Crippen LogP contribution in [0.25, 0.3) is 0 Å². The summed E-state index contributed by atoms with van der Waals surface area (Å²) in [5.74, 6) is -0.176. The smallest absolute Gasteiger partial charge is 0.251 e. The summed E-state index contributed by atoms with van der Waals surface area (Å²) >= 11 is 3.30. The number of amides is 2. The minimum Gasteiger partial charge on any atom is -0.340 e. The highest BCUT2D eigenvalue weighted by molar-refractivity contribution is 9.10. The molecule has 0 saturated carbocycles. The molecule has 2 N–H and O–H groups in total. The van der Waals surface area contributed by atoms with Crippen LogP contribution in [0.5, 0.6) is 0 Å². The number of carbonyl (C=O) groups is 2. The van der Waals surface area contributed by atoms with E-state index < -0.39 is 6.04 Å². The topological polar surface area (TPSA) is 71.1 Å². The van der Waals surface area contributed by atoms with E-state index in [1.165, 1.54) is 0 Å². The van der Waals surface area contributed by atoms with Crippen LogP contribution in [0.1, 0.15) is 29.8 Å². The van der Waals surface area contributed by atoms with Gasteiger partial charge in [-0.2, -0.15) is 0 Å². The normalized spacial score (nSPS) is 11.9. The zero-order valence-electron chi connectivity index (χ0n) is 13.8. The average molecular weight is 390 g/mol. The number of pyridine rings is 1. The van der Waals surface area contributed by atoms with E-state index in [0.717, 1.165) is 10.0 Å². The van der Waals surface area contributed by atoms with Gasteiger partial charge in [-0.05, 0) is 53.0 Å². The standard InChI is InChI=1S/C18H20BrN3O2/c1-11(2)16(18(24)21-15-8-7-14(19)10-20-15)22-17(23)13-6-4-5-12(3)9-13/h4-11,16H,1-3H3,(H,22,23)(H,20,21,24). The van der Waals surface area contributed by atoms with Gasteiger partial charge in [0.25, 0.3) is 5.91 Å². The van der Waals surface area contributed by atoms with Gasteiger partial charge >= 0.3 is 0 Å². The summed E-state index contributed by atoms with van der Waals surface area (Å²) in [7, 11) is 0. The van der Waals surface area contributed by atoms with Crippen LogP contribution >= 0.6 is 15.9 Å². The van der Waals surface area contributed by atoms with Crippen molar-refractivity contribution in [3.8, 4) is 0 Å². The summed E-state index contributed by atoms with van der Waals surface area (Å²) in [6, 6.07) is 10.1. The monoisotopic (exact) mass is 389 g/mol. The highest BCUT2D eigenvalue weighted by Crippen LogP contribution is 2.13. The highest BCUT2D eigenvalue weighted by Gasteiger charge is 2.25. The van der Waals surface area contributed by atoms with Crippen molar-refractivity contribution in [2.24, 2.45) is 5.92 Å². The van der Waals surface area contributed by atoms with Gasteiger partial charge < -0.3 is 10.6 Å². The lowest BCUT2D eigenvalue weighted by Gasteiger charge is -2.21. The molecule has 1 unspecified atom stereocenters. The second kappa shape index (κ2) is 8.06. The third-order valence-electron chi connectivity index (χ3n) is 3.49. The van der Waals surface area contributed by atoms with Gasteiger partial charge in [-0.1, -0.05) is 31.5 Å². The van der Waals surface area contributed by atoms with Gasteiger partial charge in [-0.25, -0.2) is 4.98 Å². The molecule has 1 aromatic carbocycles. The van der Waals surface area contributed by atoms with Crippen molar-refractivity contribution in [2.75, 3.05) is 5.32 Å². The van der Waals surface area contributed by atoms with Crippen molar-refractivity contribution < 1.29 is 9.59 Å². The number of halogens is 1. The number of carbonyl (C=O) groups excluding carboxylic acids is 2. The molecule has 0 aliphatic heterocycles. The van der Waals surface area contributed by atoms with Gasteiger partial charge in [0, 0.05) is 16.2 Å². The number of aromatic nitrogens is 1. The molecule has 6 heteroatoms. The Hall–Kier alpha value is -2.21. The van der Waals surface area contributed by atoms with Gasteiger partial charge in [-0.15, -0.1) is 0 Å². The van der Waals surface area contributed by atoms with Crippen LogP contribution in [0, 0.1) is 12.8 Å². The van der Waals surface area contributed by atoms with Crippen LogP contribution in [0.4, 0.5) is 5.82 Å². The van der Waals surface area contributed by atoms with Gasteiger partial charge in [0.05, 0.1) is 0 Å². The number of aryl methyl sites for hydroxylation is 1. The molecule has 1 atom stereocenters. The number of benzene rings is 1. The van der Waals surface area contributed by atoms with Crippen molar-refractivity contribution in [1.82, 2.24) is 10.3 Å². The van der Waals surface area contributed by atoms with E-state index in [4.69, 9.17) is 0 Å². The summed E-state index contributed by atoms with van der Waals surface area (Å²) in [6.45, 7) is 5.69. The molecule has 5 nitrogen and oxygen atoms in total. The van der Waals surface area contributed by atoms with Crippen LogP contribution in [0.3, 0.4) is 0 Å². The Labute approximate surface area is 150 Å². The van der Waals surface area contributed by atoms with E-state index in [0.29, 0.717) is 11.4 Å². The zero-order valence-corrected chi connectivity index (χ0v) is 15.4. The van der Waals surface area contributed by atoms with Gasteiger partial charge in [0.15, 0.2) is 0 Å². The summed E-state index contributed by atoms with van der Waals surface area (Å²) in [4.78, 5) is 29.0. The predicted octanol–water partition coefficient (Wildman–Crippen LogP) is 3.55. The zero-order chi connectivity index (χ0) is 17.7. The van der Waals surface area contributed by atoms with Crippen LogP contribution in [-0.2, 0) is 4.79 Å². The van der Waals surface area contributed by atoms with Crippen molar-refractivity contribution in [3.05, 3.63) is 58.2 Å². The molecule has 2 rings (SSSR count). The molecule has 0 aliphatic rings. The first-order chi connectivity index (χ1) is 11.4. The molecule has 0 spiro atoms. The predicted molar refractivity (Wildman–Crippen MR) is 97.8 cm³/mol. The van der Waals surface area contributed by atoms with Crippen molar-refractivity contribution in [3.63, 3.8) is 0 Å². The Bertz CT molecular complexity index is 729. The minimum absolute atomic E-state index is 0.0609. The summed E-state index contributed by atoms with van der Waals surface area (Å²) in [6.07, 6.45) is 1.60. The highest BCUT2D eigenvalue weighted by atomic mass is 79.9. The van der Waals surface area contributed by atoms with E-state index >= 15 is 0 Å². The lowest BCUT2D eigenvalue weighted by Crippen LogP contribution is -2.47. The number of hydrogen-bond donors (Lipinski definition) is 2. The van der Waals surface area contributed by atoms with Crippen LogP contribution in [0.2, 0.25) is 0 Å². The molecule has 0 saturated heterocycles. The van der Waals surface area contributed by atoms with Gasteiger partial charge in [0.1, 0.15) is 11.9 Å². The average Bonchev–Trinajstić information content (AvgIpc) is 2.54. The molecule has 0 fully saturated rings. The Balaban J connectivity index is 2.09. The van der Waals surface area contributed by atoms with Crippen LogP contribution < -0.4 is 10.6 Å². The first-order valence-corrected chi connectivity index (χ1v) is 8.46. The number of nitrogens with zero attached hydrogens (tertiary/aromatic N) is 1. The van der Waals surface area contributed by atoms with Crippen molar-refractivity contribution >= 4 is 33.6 Å². The SMILES string of the molecule is Cc1cccc(C(=O)NC(C(=O)Nc2ccc(Br)cn2)C(C)C)c1. The summed E-state index contributed by atoms with van der Waals surface area (Å²) < 4.78 is 0.827. The fourth-order valence-corrected chi connectivity index (χ4v) is 2.43. The van der Waals surface area contributed by atoms with Crippen molar-refractivity contribution in [2.45, 2.75) is 26.8 Å². The lowest BCUT2D eigenvalue weighted by atomic mass is 10.0. The molecular weight excluding hydrogens is 370 g/mol. The van der Waals surface area contributed by atoms with Crippen LogP contribution in [0.15, 0.2) is 47.1 Å². The first kappa shape index (κ1) is 18.1. The molecule has 126 valence electrons. The minimum atomic E-state index is -0.650. The Morgan fingerprint density at radius 1 is 1.17 bits per heavy atom. The quantitative estimate of drug-likeness (QED) is 0.821. The third-order valence-corrected chi connectivity index (χ3v) is 3.96. The Kier molecular flexibility index (Phi) is 6.09. The summed E-state index contributed by atoms with van der Waals surface area (Å²) in [5, 5.41) is 5.54. The Morgan fingerprint density at radius 2 is 1.92 bits per heavy atom. The number of rotatable bonds is 5. The second-order valence-corrected chi connectivity index (χ2v) is 6.83. The fourth-order valence-electron chi connectivity index (χ4n) is 2.20. The number of nitrogens with one attached hydrogen (secondary N) is 2.